The summed E-state index contributed by atoms with van der Waals surface area (Å²) in [6, 6.07) is 18.0. The second-order valence-corrected chi connectivity index (χ2v) is 8.70. The van der Waals surface area contributed by atoms with Crippen LogP contribution in [0.4, 0.5) is 23.5 Å². The topological polar surface area (TPSA) is 127 Å². The highest BCUT2D eigenvalue weighted by Gasteiger charge is 2.17. The van der Waals surface area contributed by atoms with E-state index in [4.69, 9.17) is 13.9 Å². The van der Waals surface area contributed by atoms with Crippen molar-refractivity contribution in [2.24, 2.45) is 5.10 Å². The number of rotatable bonds is 10. The Morgan fingerprint density at radius 1 is 1.00 bits per heavy atom. The number of esters is 1. The minimum Gasteiger partial charge on any atom is -0.490 e. The summed E-state index contributed by atoms with van der Waals surface area (Å²) < 4.78 is 16.2. The molecular formula is C28H29N7O4. The Labute approximate surface area is 225 Å². The van der Waals surface area contributed by atoms with Crippen LogP contribution in [0.1, 0.15) is 42.3 Å². The molecule has 2 aromatic carbocycles. The number of benzene rings is 2. The van der Waals surface area contributed by atoms with Gasteiger partial charge >= 0.3 is 5.97 Å². The average molecular weight is 528 g/mol. The highest BCUT2D eigenvalue weighted by molar-refractivity contribution is 5.89. The van der Waals surface area contributed by atoms with Crippen LogP contribution in [-0.4, -0.2) is 46.8 Å². The summed E-state index contributed by atoms with van der Waals surface area (Å²) in [4.78, 5) is 28.2. The third-order valence-corrected chi connectivity index (χ3v) is 5.86. The average Bonchev–Trinajstić information content (AvgIpc) is 3.51. The molecule has 0 spiro atoms. The number of carbonyl (C=O) groups excluding carboxylic acids is 1. The molecule has 2 aromatic heterocycles. The molecule has 39 heavy (non-hydrogen) atoms. The van der Waals surface area contributed by atoms with Crippen LogP contribution in [-0.2, 0) is 0 Å². The number of carbonyl (C=O) groups is 1. The number of nitrogens with zero attached hydrogens (tertiary/aromatic N) is 5. The third kappa shape index (κ3) is 6.89. The molecule has 0 saturated carbocycles. The van der Waals surface area contributed by atoms with Crippen molar-refractivity contribution in [2.45, 2.75) is 26.2 Å². The zero-order valence-electron chi connectivity index (χ0n) is 21.5. The van der Waals surface area contributed by atoms with Gasteiger partial charge in [-0.15, -0.1) is 0 Å². The largest absolute Gasteiger partial charge is 0.490 e. The first-order chi connectivity index (χ1) is 19.2. The maximum atomic E-state index is 12.3. The zero-order valence-corrected chi connectivity index (χ0v) is 21.5. The number of ether oxygens (including phenoxy) is 2. The van der Waals surface area contributed by atoms with E-state index in [9.17, 15) is 4.79 Å². The Hall–Kier alpha value is -4.93. The second kappa shape index (κ2) is 12.5. The van der Waals surface area contributed by atoms with Gasteiger partial charge in [-0.05, 0) is 74.2 Å². The van der Waals surface area contributed by atoms with Crippen molar-refractivity contribution in [3.63, 3.8) is 0 Å². The van der Waals surface area contributed by atoms with Crippen molar-refractivity contribution >= 4 is 35.7 Å². The van der Waals surface area contributed by atoms with Gasteiger partial charge in [-0.2, -0.15) is 20.1 Å². The molecule has 0 bridgehead atoms. The van der Waals surface area contributed by atoms with Crippen molar-refractivity contribution in [1.82, 2.24) is 15.0 Å². The summed E-state index contributed by atoms with van der Waals surface area (Å²) in [5, 5.41) is 7.57. The fourth-order valence-corrected chi connectivity index (χ4v) is 4.02. The molecule has 5 rings (SSSR count). The lowest BCUT2D eigenvalue weighted by molar-refractivity contribution is 0.0695. The van der Waals surface area contributed by atoms with Gasteiger partial charge in [-0.25, -0.2) is 10.2 Å². The van der Waals surface area contributed by atoms with Crippen LogP contribution in [0.5, 0.6) is 11.5 Å². The lowest BCUT2D eigenvalue weighted by atomic mass is 10.1. The Morgan fingerprint density at radius 3 is 2.59 bits per heavy atom. The fourth-order valence-electron chi connectivity index (χ4n) is 4.02. The predicted molar refractivity (Wildman–Crippen MR) is 148 cm³/mol. The van der Waals surface area contributed by atoms with Crippen LogP contribution >= 0.6 is 0 Å². The molecule has 200 valence electrons. The molecule has 1 aliphatic rings. The smallest absolute Gasteiger partial charge is 0.379 e. The number of hydrogen-bond donors (Lipinski definition) is 2. The van der Waals surface area contributed by atoms with Gasteiger partial charge in [0.1, 0.15) is 0 Å². The maximum Gasteiger partial charge on any atom is 0.379 e. The number of nitrogens with one attached hydrogen (secondary N) is 2. The van der Waals surface area contributed by atoms with Gasteiger partial charge in [0, 0.05) is 18.8 Å². The van der Waals surface area contributed by atoms with Gasteiger partial charge in [0.2, 0.25) is 23.6 Å². The van der Waals surface area contributed by atoms with Gasteiger partial charge in [0.15, 0.2) is 11.5 Å². The van der Waals surface area contributed by atoms with Crippen LogP contribution in [0, 0.1) is 0 Å². The van der Waals surface area contributed by atoms with Crippen LogP contribution in [0.3, 0.4) is 0 Å². The summed E-state index contributed by atoms with van der Waals surface area (Å²) in [5.74, 6) is 1.53. The van der Waals surface area contributed by atoms with Gasteiger partial charge in [0.05, 0.1) is 19.1 Å². The Balaban J connectivity index is 1.32. The van der Waals surface area contributed by atoms with E-state index in [-0.39, 0.29) is 11.5 Å². The molecule has 1 saturated heterocycles. The zero-order chi connectivity index (χ0) is 26.9. The summed E-state index contributed by atoms with van der Waals surface area (Å²) in [6.45, 7) is 4.04. The monoisotopic (exact) mass is 527 g/mol. The number of anilines is 4. The van der Waals surface area contributed by atoms with E-state index in [0.29, 0.717) is 30.2 Å². The number of piperidine rings is 1. The molecule has 11 nitrogen and oxygen atoms in total. The maximum absolute atomic E-state index is 12.3. The standard InChI is InChI=1S/C28H29N7O4/c1-2-37-24-18-20(13-14-22(24)39-25(36)23-12-9-17-38-23)19-29-34-27-31-26(30-21-10-5-3-6-11-21)32-28(33-27)35-15-7-4-8-16-35/h3,5-6,9-14,17-19H,2,4,7-8,15-16H2,1H3,(H2,30,31,32,33,34)/b29-19+. The minimum atomic E-state index is -0.608. The predicted octanol–water partition coefficient (Wildman–Crippen LogP) is 5.26. The van der Waals surface area contributed by atoms with E-state index >= 15 is 0 Å². The molecule has 2 N–H and O–H groups in total. The first kappa shape index (κ1) is 25.7. The highest BCUT2D eigenvalue weighted by atomic mass is 16.6. The van der Waals surface area contributed by atoms with Gasteiger partial charge in [-0.3, -0.25) is 0 Å². The number of hydrogen-bond acceptors (Lipinski definition) is 11. The molecule has 0 radical (unpaired) electrons. The van der Waals surface area contributed by atoms with Crippen LogP contribution < -0.4 is 25.1 Å². The molecule has 1 fully saturated rings. The lowest BCUT2D eigenvalue weighted by Gasteiger charge is -2.26. The van der Waals surface area contributed by atoms with E-state index in [0.717, 1.165) is 37.2 Å². The Morgan fingerprint density at radius 2 is 1.82 bits per heavy atom. The number of furan rings is 1. The summed E-state index contributed by atoms with van der Waals surface area (Å²) in [7, 11) is 0. The Kier molecular flexibility index (Phi) is 8.27. The second-order valence-electron chi connectivity index (χ2n) is 8.70. The van der Waals surface area contributed by atoms with E-state index in [2.05, 4.69) is 35.7 Å². The lowest BCUT2D eigenvalue weighted by Crippen LogP contribution is -2.31. The van der Waals surface area contributed by atoms with Crippen molar-refractivity contribution in [1.29, 1.82) is 0 Å². The normalized spacial score (nSPS) is 13.3. The molecule has 1 aliphatic heterocycles. The van der Waals surface area contributed by atoms with Crippen molar-refractivity contribution < 1.29 is 18.7 Å². The molecule has 0 amide bonds. The SMILES string of the molecule is CCOc1cc(/C=N/Nc2nc(Nc3ccccc3)nc(N3CCCCC3)n2)ccc1OC(=O)c1ccco1. The van der Waals surface area contributed by atoms with Gasteiger partial charge in [-0.1, -0.05) is 18.2 Å². The number of para-hydroxylation sites is 1. The van der Waals surface area contributed by atoms with E-state index < -0.39 is 5.97 Å². The molecule has 11 heteroatoms. The minimum absolute atomic E-state index is 0.106. The summed E-state index contributed by atoms with van der Waals surface area (Å²) in [5.41, 5.74) is 4.51. The molecule has 0 aliphatic carbocycles. The van der Waals surface area contributed by atoms with E-state index in [1.165, 1.54) is 18.8 Å². The quantitative estimate of drug-likeness (QED) is 0.122. The summed E-state index contributed by atoms with van der Waals surface area (Å²) in [6.07, 6.45) is 6.42. The fraction of sp³-hybridized carbons (Fsp3) is 0.250. The number of aromatic nitrogens is 3. The summed E-state index contributed by atoms with van der Waals surface area (Å²) >= 11 is 0. The molecular weight excluding hydrogens is 498 g/mol. The van der Waals surface area contributed by atoms with E-state index in [1.807, 2.05) is 37.3 Å². The van der Waals surface area contributed by atoms with Crippen LogP contribution in [0.2, 0.25) is 0 Å². The van der Waals surface area contributed by atoms with E-state index in [1.54, 1.807) is 30.5 Å². The van der Waals surface area contributed by atoms with Crippen LogP contribution in [0.25, 0.3) is 0 Å². The molecule has 3 heterocycles. The van der Waals surface area contributed by atoms with Gasteiger partial charge < -0.3 is 24.1 Å². The van der Waals surface area contributed by atoms with Gasteiger partial charge in [0.25, 0.3) is 0 Å². The first-order valence-electron chi connectivity index (χ1n) is 12.8. The molecule has 0 atom stereocenters. The highest BCUT2D eigenvalue weighted by Crippen LogP contribution is 2.29. The molecule has 0 unspecified atom stereocenters. The van der Waals surface area contributed by atoms with Crippen molar-refractivity contribution in [3.8, 4) is 11.5 Å². The first-order valence-corrected chi connectivity index (χ1v) is 12.8. The third-order valence-electron chi connectivity index (χ3n) is 5.86. The molecule has 4 aromatic rings. The number of hydrazone groups is 1. The van der Waals surface area contributed by atoms with Crippen molar-refractivity contribution in [3.05, 3.63) is 78.3 Å². The van der Waals surface area contributed by atoms with Crippen molar-refractivity contribution in [2.75, 3.05) is 35.3 Å². The van der Waals surface area contributed by atoms with Crippen LogP contribution in [0.15, 0.2) is 76.4 Å². The Bertz CT molecular complexity index is 1400.